The van der Waals surface area contributed by atoms with E-state index in [1.165, 1.54) is 21.7 Å². The molecule has 1 unspecified atom stereocenters. The normalized spacial score (nSPS) is 13.0. The Kier molecular flexibility index (Phi) is 2.75. The third-order valence-electron chi connectivity index (χ3n) is 3.81. The smallest absolute Gasteiger partial charge is 0.0708 e. The Balaban J connectivity index is 2.40. The number of para-hydroxylation sites is 1. The number of benzene rings is 2. The summed E-state index contributed by atoms with van der Waals surface area (Å²) in [7, 11) is 0. The van der Waals surface area contributed by atoms with Crippen LogP contribution in [0.25, 0.3) is 21.7 Å². The summed E-state index contributed by atoms with van der Waals surface area (Å²) in [6.07, 6.45) is 3.19. The van der Waals surface area contributed by atoms with Gasteiger partial charge in [-0.05, 0) is 29.4 Å². The van der Waals surface area contributed by atoms with Crippen LogP contribution in [0.15, 0.2) is 48.7 Å². The van der Waals surface area contributed by atoms with Crippen molar-refractivity contribution >= 4 is 21.7 Å². The number of rotatable bonds is 2. The Morgan fingerprint density at radius 2 is 1.72 bits per heavy atom. The molecule has 2 aromatic carbocycles. The van der Waals surface area contributed by atoms with Crippen LogP contribution in [0.5, 0.6) is 0 Å². The van der Waals surface area contributed by atoms with Gasteiger partial charge in [-0.25, -0.2) is 0 Å². The van der Waals surface area contributed by atoms with E-state index in [1.54, 1.807) is 0 Å². The van der Waals surface area contributed by atoms with Crippen LogP contribution in [0.3, 0.4) is 0 Å². The van der Waals surface area contributed by atoms with E-state index in [2.05, 4.69) is 55.2 Å². The number of aromatic nitrogens is 1. The number of fused-ring (bicyclic) bond motifs is 3. The highest BCUT2D eigenvalue weighted by Gasteiger charge is 2.09. The van der Waals surface area contributed by atoms with Crippen LogP contribution < -0.4 is 0 Å². The molecule has 1 atom stereocenters. The van der Waals surface area contributed by atoms with Gasteiger partial charge in [0.1, 0.15) is 0 Å². The van der Waals surface area contributed by atoms with Gasteiger partial charge in [-0.3, -0.25) is 4.98 Å². The minimum absolute atomic E-state index is 0.580. The lowest BCUT2D eigenvalue weighted by atomic mass is 9.93. The molecule has 1 aromatic heterocycles. The van der Waals surface area contributed by atoms with Crippen LogP contribution >= 0.6 is 0 Å². The molecule has 0 saturated carbocycles. The van der Waals surface area contributed by atoms with Gasteiger partial charge in [0.15, 0.2) is 0 Å². The molecule has 0 amide bonds. The van der Waals surface area contributed by atoms with Gasteiger partial charge in [0.25, 0.3) is 0 Å². The Morgan fingerprint density at radius 1 is 0.944 bits per heavy atom. The minimum atomic E-state index is 0.580. The molecule has 0 N–H and O–H groups in total. The van der Waals surface area contributed by atoms with Gasteiger partial charge in [-0.15, -0.1) is 0 Å². The third-order valence-corrected chi connectivity index (χ3v) is 3.81. The second kappa shape index (κ2) is 4.41. The zero-order valence-electron chi connectivity index (χ0n) is 10.9. The molecule has 3 rings (SSSR count). The van der Waals surface area contributed by atoms with Crippen molar-refractivity contribution in [2.45, 2.75) is 26.2 Å². The fraction of sp³-hybridized carbons (Fsp3) is 0.235. The first kappa shape index (κ1) is 11.2. The molecule has 0 radical (unpaired) electrons. The van der Waals surface area contributed by atoms with Crippen LogP contribution in [0.2, 0.25) is 0 Å². The Hall–Kier alpha value is -1.89. The lowest BCUT2D eigenvalue weighted by molar-refractivity contribution is 0.739. The number of hydrogen-bond donors (Lipinski definition) is 0. The van der Waals surface area contributed by atoms with Crippen molar-refractivity contribution in [2.75, 3.05) is 0 Å². The Morgan fingerprint density at radius 3 is 2.56 bits per heavy atom. The molecular weight excluding hydrogens is 218 g/mol. The van der Waals surface area contributed by atoms with Crippen LogP contribution in [0, 0.1) is 0 Å². The molecular formula is C17H17N. The van der Waals surface area contributed by atoms with Gasteiger partial charge in [-0.2, -0.15) is 0 Å². The molecule has 0 saturated heterocycles. The molecule has 0 fully saturated rings. The molecule has 1 heterocycles. The maximum absolute atomic E-state index is 4.59. The van der Waals surface area contributed by atoms with E-state index in [9.17, 15) is 0 Å². The summed E-state index contributed by atoms with van der Waals surface area (Å²) >= 11 is 0. The maximum atomic E-state index is 4.59. The molecule has 0 aliphatic carbocycles. The molecule has 0 aliphatic rings. The average molecular weight is 235 g/mol. The van der Waals surface area contributed by atoms with Crippen molar-refractivity contribution in [3.8, 4) is 0 Å². The van der Waals surface area contributed by atoms with Crippen molar-refractivity contribution in [1.29, 1.82) is 0 Å². The van der Waals surface area contributed by atoms with E-state index in [4.69, 9.17) is 0 Å². The third kappa shape index (κ3) is 1.67. The second-order valence-corrected chi connectivity index (χ2v) is 4.89. The van der Waals surface area contributed by atoms with Gasteiger partial charge >= 0.3 is 0 Å². The Labute approximate surface area is 107 Å². The molecule has 90 valence electrons. The molecule has 3 aromatic rings. The summed E-state index contributed by atoms with van der Waals surface area (Å²) in [5.41, 5.74) is 2.49. The maximum Gasteiger partial charge on any atom is 0.0708 e. The quantitative estimate of drug-likeness (QED) is 0.575. The highest BCUT2D eigenvalue weighted by atomic mass is 14.6. The number of hydrogen-bond acceptors (Lipinski definition) is 1. The molecule has 1 heteroatoms. The molecule has 0 aliphatic heterocycles. The predicted molar refractivity (Wildman–Crippen MR) is 78.0 cm³/mol. The van der Waals surface area contributed by atoms with Crippen molar-refractivity contribution in [1.82, 2.24) is 4.98 Å². The standard InChI is InChI=1S/C17H17N/c1-3-12(2)13-8-6-9-14-15-7-4-5-10-17(15)18-11-16(13)14/h4-12H,3H2,1-2H3. The highest BCUT2D eigenvalue weighted by Crippen LogP contribution is 2.30. The molecule has 0 spiro atoms. The van der Waals surface area contributed by atoms with Gasteiger partial charge in [0.2, 0.25) is 0 Å². The average Bonchev–Trinajstić information content (AvgIpc) is 2.45. The van der Waals surface area contributed by atoms with Gasteiger partial charge < -0.3 is 0 Å². The van der Waals surface area contributed by atoms with Crippen LogP contribution in [-0.2, 0) is 0 Å². The van der Waals surface area contributed by atoms with Crippen LogP contribution in [-0.4, -0.2) is 4.98 Å². The molecule has 1 nitrogen and oxygen atoms in total. The lowest BCUT2D eigenvalue weighted by Gasteiger charge is -2.13. The number of pyridine rings is 1. The zero-order valence-corrected chi connectivity index (χ0v) is 10.9. The molecule has 18 heavy (non-hydrogen) atoms. The first-order chi connectivity index (χ1) is 8.81. The first-order valence-corrected chi connectivity index (χ1v) is 6.57. The Bertz CT molecular complexity index is 700. The van der Waals surface area contributed by atoms with Gasteiger partial charge in [-0.1, -0.05) is 50.2 Å². The minimum Gasteiger partial charge on any atom is -0.256 e. The van der Waals surface area contributed by atoms with Crippen LogP contribution in [0.1, 0.15) is 31.7 Å². The number of nitrogens with zero attached hydrogens (tertiary/aromatic N) is 1. The summed E-state index contributed by atoms with van der Waals surface area (Å²) in [5, 5.41) is 3.86. The SMILES string of the molecule is CCC(C)c1cccc2c1cnc1ccccc12. The fourth-order valence-corrected chi connectivity index (χ4v) is 2.56. The van der Waals surface area contributed by atoms with E-state index >= 15 is 0 Å². The second-order valence-electron chi connectivity index (χ2n) is 4.89. The van der Waals surface area contributed by atoms with Crippen molar-refractivity contribution in [3.63, 3.8) is 0 Å². The van der Waals surface area contributed by atoms with E-state index in [-0.39, 0.29) is 0 Å². The zero-order chi connectivity index (χ0) is 12.5. The predicted octanol–water partition coefficient (Wildman–Crippen LogP) is 4.90. The summed E-state index contributed by atoms with van der Waals surface area (Å²) in [6, 6.07) is 14.9. The van der Waals surface area contributed by atoms with Gasteiger partial charge in [0.05, 0.1) is 5.52 Å². The van der Waals surface area contributed by atoms with Crippen LogP contribution in [0.4, 0.5) is 0 Å². The largest absolute Gasteiger partial charge is 0.256 e. The van der Waals surface area contributed by atoms with E-state index in [1.807, 2.05) is 12.3 Å². The monoisotopic (exact) mass is 235 g/mol. The van der Waals surface area contributed by atoms with E-state index < -0.39 is 0 Å². The van der Waals surface area contributed by atoms with Crippen molar-refractivity contribution < 1.29 is 0 Å². The fourth-order valence-electron chi connectivity index (χ4n) is 2.56. The van der Waals surface area contributed by atoms with Crippen molar-refractivity contribution in [2.24, 2.45) is 0 Å². The van der Waals surface area contributed by atoms with Gasteiger partial charge in [0, 0.05) is 17.0 Å². The van der Waals surface area contributed by atoms with E-state index in [0.717, 1.165) is 11.9 Å². The summed E-state index contributed by atoms with van der Waals surface area (Å²) in [6.45, 7) is 4.52. The first-order valence-electron chi connectivity index (χ1n) is 6.57. The highest BCUT2D eigenvalue weighted by molar-refractivity contribution is 6.06. The lowest BCUT2D eigenvalue weighted by Crippen LogP contribution is -1.94. The summed E-state index contributed by atoms with van der Waals surface area (Å²) in [5.74, 6) is 0.580. The summed E-state index contributed by atoms with van der Waals surface area (Å²) < 4.78 is 0. The van der Waals surface area contributed by atoms with Crippen molar-refractivity contribution in [3.05, 3.63) is 54.2 Å². The topological polar surface area (TPSA) is 12.9 Å². The van der Waals surface area contributed by atoms with E-state index in [0.29, 0.717) is 5.92 Å². The molecule has 0 bridgehead atoms. The summed E-state index contributed by atoms with van der Waals surface area (Å²) in [4.78, 5) is 4.59.